The molecule has 0 aliphatic rings. The van der Waals surface area contributed by atoms with Crippen molar-refractivity contribution >= 4 is 47.4 Å². The van der Waals surface area contributed by atoms with E-state index in [1.165, 1.54) is 0 Å². The van der Waals surface area contributed by atoms with Gasteiger partial charge >= 0.3 is 0 Å². The average molecular weight is 488 g/mol. The fourth-order valence-corrected chi connectivity index (χ4v) is 2.58. The molecular formula is C19H27ClIN5. The van der Waals surface area contributed by atoms with E-state index in [1.54, 1.807) is 7.05 Å². The molecule has 0 unspecified atom stereocenters. The van der Waals surface area contributed by atoms with Gasteiger partial charge in [0.15, 0.2) is 5.96 Å². The predicted molar refractivity (Wildman–Crippen MR) is 122 cm³/mol. The van der Waals surface area contributed by atoms with Crippen molar-refractivity contribution in [2.45, 2.75) is 26.9 Å². The Bertz CT molecular complexity index is 669. The van der Waals surface area contributed by atoms with Crippen LogP contribution >= 0.6 is 35.6 Å². The number of nitrogens with zero attached hydrogens (tertiary/aromatic N) is 3. The van der Waals surface area contributed by atoms with Gasteiger partial charge in [-0.25, -0.2) is 4.98 Å². The third-order valence-corrected chi connectivity index (χ3v) is 4.21. The molecule has 0 aliphatic carbocycles. The van der Waals surface area contributed by atoms with Crippen molar-refractivity contribution < 1.29 is 0 Å². The van der Waals surface area contributed by atoms with Crippen LogP contribution in [0, 0.1) is 0 Å². The van der Waals surface area contributed by atoms with Gasteiger partial charge in [0, 0.05) is 44.4 Å². The first-order chi connectivity index (χ1) is 12.2. The predicted octanol–water partition coefficient (Wildman–Crippen LogP) is 4.06. The highest BCUT2D eigenvalue weighted by atomic mass is 127. The second kappa shape index (κ2) is 12.0. The molecule has 0 fully saturated rings. The minimum absolute atomic E-state index is 0. The molecule has 0 spiro atoms. The second-order valence-electron chi connectivity index (χ2n) is 5.60. The van der Waals surface area contributed by atoms with Crippen LogP contribution in [0.15, 0.2) is 47.6 Å². The molecule has 2 N–H and O–H groups in total. The van der Waals surface area contributed by atoms with Gasteiger partial charge in [0.2, 0.25) is 0 Å². The topological polar surface area (TPSA) is 52.5 Å². The Morgan fingerprint density at radius 1 is 1.00 bits per heavy atom. The maximum absolute atomic E-state index is 5.90. The summed E-state index contributed by atoms with van der Waals surface area (Å²) in [5.41, 5.74) is 2.27. The summed E-state index contributed by atoms with van der Waals surface area (Å²) in [6, 6.07) is 11.9. The molecule has 0 bridgehead atoms. The number of rotatable bonds is 7. The summed E-state index contributed by atoms with van der Waals surface area (Å²) in [6.45, 7) is 7.56. The first kappa shape index (κ1) is 22.5. The zero-order chi connectivity index (χ0) is 18.1. The van der Waals surface area contributed by atoms with Gasteiger partial charge in [-0.1, -0.05) is 29.8 Å². The molecule has 0 saturated heterocycles. The third kappa shape index (κ3) is 6.99. The van der Waals surface area contributed by atoms with E-state index in [1.807, 2.05) is 30.5 Å². The number of benzene rings is 1. The largest absolute Gasteiger partial charge is 0.357 e. The van der Waals surface area contributed by atoms with Gasteiger partial charge in [-0.2, -0.15) is 0 Å². The Labute approximate surface area is 178 Å². The van der Waals surface area contributed by atoms with Crippen LogP contribution in [0.25, 0.3) is 0 Å². The maximum Gasteiger partial charge on any atom is 0.191 e. The number of pyridine rings is 1. The fraction of sp³-hybridized carbons (Fsp3) is 0.368. The van der Waals surface area contributed by atoms with Crippen LogP contribution in [-0.4, -0.2) is 31.1 Å². The van der Waals surface area contributed by atoms with Gasteiger partial charge in [-0.05, 0) is 43.2 Å². The van der Waals surface area contributed by atoms with Crippen LogP contribution in [0.1, 0.15) is 25.0 Å². The normalized spacial score (nSPS) is 10.8. The molecule has 2 aromatic rings. The lowest BCUT2D eigenvalue weighted by Crippen LogP contribution is -2.36. The van der Waals surface area contributed by atoms with E-state index in [-0.39, 0.29) is 24.0 Å². The first-order valence-electron chi connectivity index (χ1n) is 8.55. The molecule has 0 amide bonds. The monoisotopic (exact) mass is 487 g/mol. The molecule has 1 aromatic heterocycles. The highest BCUT2D eigenvalue weighted by Gasteiger charge is 2.04. The number of hydrogen-bond acceptors (Lipinski definition) is 3. The molecule has 1 heterocycles. The quantitative estimate of drug-likeness (QED) is 0.351. The molecule has 5 nitrogen and oxygen atoms in total. The van der Waals surface area contributed by atoms with Crippen molar-refractivity contribution in [2.24, 2.45) is 4.99 Å². The van der Waals surface area contributed by atoms with Crippen LogP contribution < -0.4 is 15.5 Å². The lowest BCUT2D eigenvalue weighted by Gasteiger charge is -2.19. The Morgan fingerprint density at radius 2 is 1.58 bits per heavy atom. The molecule has 2 rings (SSSR count). The van der Waals surface area contributed by atoms with E-state index in [2.05, 4.69) is 51.5 Å². The van der Waals surface area contributed by atoms with Crippen molar-refractivity contribution in [3.05, 3.63) is 58.7 Å². The summed E-state index contributed by atoms with van der Waals surface area (Å²) in [7, 11) is 1.76. The number of aliphatic imine (C=N–C) groups is 1. The molecule has 0 saturated carbocycles. The van der Waals surface area contributed by atoms with Crippen molar-refractivity contribution in [2.75, 3.05) is 25.0 Å². The SMILES string of the molecule is CCN(CC)c1ccc(CNC(=NC)NCc2ccc(Cl)cc2)cn1.I. The smallest absolute Gasteiger partial charge is 0.191 e. The Kier molecular flexibility index (Phi) is 10.3. The zero-order valence-corrected chi connectivity index (χ0v) is 18.6. The summed E-state index contributed by atoms with van der Waals surface area (Å²) in [6.07, 6.45) is 1.91. The van der Waals surface area contributed by atoms with Gasteiger partial charge in [0.1, 0.15) is 5.82 Å². The van der Waals surface area contributed by atoms with E-state index in [9.17, 15) is 0 Å². The summed E-state index contributed by atoms with van der Waals surface area (Å²) in [5.74, 6) is 1.77. The van der Waals surface area contributed by atoms with E-state index in [4.69, 9.17) is 11.6 Å². The minimum atomic E-state index is 0. The molecule has 7 heteroatoms. The van der Waals surface area contributed by atoms with Gasteiger partial charge in [0.05, 0.1) is 0 Å². The highest BCUT2D eigenvalue weighted by Crippen LogP contribution is 2.11. The van der Waals surface area contributed by atoms with Gasteiger partial charge in [-0.15, -0.1) is 24.0 Å². The average Bonchev–Trinajstić information content (AvgIpc) is 2.65. The molecule has 0 atom stereocenters. The fourth-order valence-electron chi connectivity index (χ4n) is 2.45. The highest BCUT2D eigenvalue weighted by molar-refractivity contribution is 14.0. The second-order valence-corrected chi connectivity index (χ2v) is 6.04. The molecule has 26 heavy (non-hydrogen) atoms. The molecule has 0 aliphatic heterocycles. The first-order valence-corrected chi connectivity index (χ1v) is 8.92. The molecule has 0 radical (unpaired) electrons. The van der Waals surface area contributed by atoms with E-state index in [0.29, 0.717) is 13.1 Å². The van der Waals surface area contributed by atoms with Gasteiger partial charge in [-0.3, -0.25) is 4.99 Å². The number of aromatic nitrogens is 1. The number of halogens is 2. The number of guanidine groups is 1. The Morgan fingerprint density at radius 3 is 2.08 bits per heavy atom. The maximum atomic E-state index is 5.90. The van der Waals surface area contributed by atoms with Crippen LogP contribution in [0.3, 0.4) is 0 Å². The van der Waals surface area contributed by atoms with Gasteiger partial charge < -0.3 is 15.5 Å². The van der Waals surface area contributed by atoms with Crippen molar-refractivity contribution in [1.82, 2.24) is 15.6 Å². The summed E-state index contributed by atoms with van der Waals surface area (Å²) in [5, 5.41) is 7.34. The Hall–Kier alpha value is -1.54. The standard InChI is InChI=1S/C19H26ClN5.HI/c1-4-25(5-2)18-11-8-16(13-22-18)14-24-19(21-3)23-12-15-6-9-17(20)10-7-15;/h6-11,13H,4-5,12,14H2,1-3H3,(H2,21,23,24);1H. The molecule has 142 valence electrons. The number of hydrogen-bond donors (Lipinski definition) is 2. The number of nitrogens with one attached hydrogen (secondary N) is 2. The minimum Gasteiger partial charge on any atom is -0.357 e. The van der Waals surface area contributed by atoms with Crippen molar-refractivity contribution in [3.8, 4) is 0 Å². The lowest BCUT2D eigenvalue weighted by atomic mass is 10.2. The van der Waals surface area contributed by atoms with Crippen molar-refractivity contribution in [3.63, 3.8) is 0 Å². The van der Waals surface area contributed by atoms with E-state index >= 15 is 0 Å². The summed E-state index contributed by atoms with van der Waals surface area (Å²) < 4.78 is 0. The summed E-state index contributed by atoms with van der Waals surface area (Å²) in [4.78, 5) is 11.0. The van der Waals surface area contributed by atoms with Gasteiger partial charge in [0.25, 0.3) is 0 Å². The molecular weight excluding hydrogens is 461 g/mol. The van der Waals surface area contributed by atoms with Crippen molar-refractivity contribution in [1.29, 1.82) is 0 Å². The Balaban J connectivity index is 0.00000338. The molecule has 1 aromatic carbocycles. The third-order valence-electron chi connectivity index (χ3n) is 3.95. The van der Waals surface area contributed by atoms with E-state index in [0.717, 1.165) is 41.0 Å². The number of anilines is 1. The zero-order valence-electron chi connectivity index (χ0n) is 15.5. The van der Waals surface area contributed by atoms with Crippen LogP contribution in [0.4, 0.5) is 5.82 Å². The lowest BCUT2D eigenvalue weighted by molar-refractivity contribution is 0.803. The van der Waals surface area contributed by atoms with Crippen LogP contribution in [-0.2, 0) is 13.1 Å². The van der Waals surface area contributed by atoms with Crippen LogP contribution in [0.2, 0.25) is 5.02 Å². The van der Waals surface area contributed by atoms with E-state index < -0.39 is 0 Å². The summed E-state index contributed by atoms with van der Waals surface area (Å²) >= 11 is 5.90. The van der Waals surface area contributed by atoms with Crippen LogP contribution in [0.5, 0.6) is 0 Å².